The van der Waals surface area contributed by atoms with Gasteiger partial charge < -0.3 is 4.90 Å². The molecular formula is C9H6Cl3N5O2. The van der Waals surface area contributed by atoms with Crippen LogP contribution < -0.4 is 4.90 Å². The molecule has 2 aromatic rings. The molecule has 10 heteroatoms. The number of alkyl halides is 2. The molecule has 0 saturated heterocycles. The highest BCUT2D eigenvalue weighted by atomic mass is 35.5. The van der Waals surface area contributed by atoms with Gasteiger partial charge >= 0.3 is 0 Å². The molecule has 0 N–H and O–H groups in total. The summed E-state index contributed by atoms with van der Waals surface area (Å²) in [5.41, 5.74) is 0.317. The summed E-state index contributed by atoms with van der Waals surface area (Å²) in [7, 11) is 0. The van der Waals surface area contributed by atoms with Crippen molar-refractivity contribution in [3.05, 3.63) is 29.3 Å². The van der Waals surface area contributed by atoms with Crippen molar-refractivity contribution in [2.75, 3.05) is 11.4 Å². The van der Waals surface area contributed by atoms with E-state index in [9.17, 15) is 4.79 Å². The Morgan fingerprint density at radius 1 is 1.37 bits per heavy atom. The molecule has 2 rings (SSSR count). The summed E-state index contributed by atoms with van der Waals surface area (Å²) in [6, 6.07) is 1.57. The van der Waals surface area contributed by atoms with E-state index in [-0.39, 0.29) is 17.4 Å². The molecule has 0 aliphatic rings. The summed E-state index contributed by atoms with van der Waals surface area (Å²) >= 11 is 17.1. The van der Waals surface area contributed by atoms with Crippen LogP contribution in [0, 0.1) is 0 Å². The molecular weight excluding hydrogens is 316 g/mol. The van der Waals surface area contributed by atoms with Crippen molar-refractivity contribution < 1.29 is 9.42 Å². The van der Waals surface area contributed by atoms with Crippen molar-refractivity contribution >= 4 is 46.4 Å². The lowest BCUT2D eigenvalue weighted by Gasteiger charge is -2.21. The SMILES string of the molecule is O=C(c1nonc1Cl)N(CC(Cl)Cl)c1ccnnc1. The zero-order valence-electron chi connectivity index (χ0n) is 9.20. The first-order chi connectivity index (χ1) is 9.09. The second kappa shape index (κ2) is 6.14. The third-order valence-corrected chi connectivity index (χ3v) is 2.62. The van der Waals surface area contributed by atoms with Gasteiger partial charge in [-0.25, -0.2) is 4.63 Å². The number of carbonyl (C=O) groups excluding carboxylic acids is 1. The Kier molecular flexibility index (Phi) is 4.52. The molecule has 0 unspecified atom stereocenters. The lowest BCUT2D eigenvalue weighted by molar-refractivity contribution is 0.0978. The molecule has 19 heavy (non-hydrogen) atoms. The minimum Gasteiger partial charge on any atom is -0.302 e. The average Bonchev–Trinajstić information content (AvgIpc) is 2.82. The van der Waals surface area contributed by atoms with Crippen molar-refractivity contribution in [3.8, 4) is 0 Å². The Balaban J connectivity index is 2.33. The van der Waals surface area contributed by atoms with Gasteiger partial charge in [0.15, 0.2) is 0 Å². The van der Waals surface area contributed by atoms with Gasteiger partial charge in [-0.1, -0.05) is 11.6 Å². The second-order valence-corrected chi connectivity index (χ2v) is 4.95. The number of aromatic nitrogens is 4. The minimum absolute atomic E-state index is 0.0246. The fourth-order valence-corrected chi connectivity index (χ4v) is 1.74. The van der Waals surface area contributed by atoms with Gasteiger partial charge in [-0.15, -0.1) is 23.2 Å². The summed E-state index contributed by atoms with van der Waals surface area (Å²) in [5, 5.41) is 13.9. The van der Waals surface area contributed by atoms with Gasteiger partial charge in [-0.2, -0.15) is 10.2 Å². The number of hydrogen-bond acceptors (Lipinski definition) is 6. The third kappa shape index (κ3) is 3.31. The molecule has 0 radical (unpaired) electrons. The number of rotatable bonds is 4. The maximum Gasteiger partial charge on any atom is 0.283 e. The highest BCUT2D eigenvalue weighted by molar-refractivity contribution is 6.44. The average molecular weight is 323 g/mol. The minimum atomic E-state index is -0.796. The Hall–Kier alpha value is -1.44. The molecule has 0 fully saturated rings. The van der Waals surface area contributed by atoms with E-state index in [4.69, 9.17) is 34.8 Å². The van der Waals surface area contributed by atoms with Crippen molar-refractivity contribution in [2.24, 2.45) is 0 Å². The molecule has 2 heterocycles. The first-order valence-electron chi connectivity index (χ1n) is 4.94. The molecule has 0 aromatic carbocycles. The van der Waals surface area contributed by atoms with Crippen LogP contribution in [0.5, 0.6) is 0 Å². The molecule has 0 spiro atoms. The van der Waals surface area contributed by atoms with Crippen LogP contribution in [0.4, 0.5) is 5.69 Å². The zero-order chi connectivity index (χ0) is 13.8. The quantitative estimate of drug-likeness (QED) is 0.800. The van der Waals surface area contributed by atoms with Gasteiger partial charge in [0.2, 0.25) is 10.8 Å². The predicted octanol–water partition coefficient (Wildman–Crippen LogP) is 1.96. The molecule has 0 atom stereocenters. The molecule has 1 amide bonds. The summed E-state index contributed by atoms with van der Waals surface area (Å²) in [6.45, 7) is 0.0246. The smallest absolute Gasteiger partial charge is 0.283 e. The number of halogens is 3. The summed E-state index contributed by atoms with van der Waals surface area (Å²) < 4.78 is 4.38. The monoisotopic (exact) mass is 321 g/mol. The van der Waals surface area contributed by atoms with E-state index in [1.165, 1.54) is 17.3 Å². The van der Waals surface area contributed by atoms with Crippen LogP contribution in [0.15, 0.2) is 23.1 Å². The van der Waals surface area contributed by atoms with Crippen LogP contribution in [0.1, 0.15) is 10.5 Å². The van der Waals surface area contributed by atoms with Gasteiger partial charge in [0.25, 0.3) is 5.91 Å². The normalized spacial score (nSPS) is 10.7. The third-order valence-electron chi connectivity index (χ3n) is 2.10. The van der Waals surface area contributed by atoms with Crippen LogP contribution in [0.25, 0.3) is 0 Å². The Morgan fingerprint density at radius 2 is 2.16 bits per heavy atom. The summed E-state index contributed by atoms with van der Waals surface area (Å²) in [4.78, 5) is 12.7. The largest absolute Gasteiger partial charge is 0.302 e. The van der Waals surface area contributed by atoms with Crippen LogP contribution in [-0.2, 0) is 0 Å². The maximum absolute atomic E-state index is 12.3. The van der Waals surface area contributed by atoms with E-state index in [2.05, 4.69) is 25.1 Å². The van der Waals surface area contributed by atoms with E-state index in [0.29, 0.717) is 5.69 Å². The molecule has 100 valence electrons. The van der Waals surface area contributed by atoms with Gasteiger partial charge in [0.05, 0.1) is 24.6 Å². The van der Waals surface area contributed by atoms with Gasteiger partial charge in [-0.05, 0) is 16.4 Å². The second-order valence-electron chi connectivity index (χ2n) is 3.31. The standard InChI is InChI=1S/C9H6Cl3N5O2/c10-6(11)4-17(5-1-2-13-14-3-5)9(18)7-8(12)16-19-15-7/h1-3,6H,4H2. The Labute approximate surface area is 122 Å². The number of amides is 1. The Morgan fingerprint density at radius 3 is 2.68 bits per heavy atom. The highest BCUT2D eigenvalue weighted by Crippen LogP contribution is 2.20. The van der Waals surface area contributed by atoms with E-state index in [1.54, 1.807) is 6.07 Å². The van der Waals surface area contributed by atoms with Gasteiger partial charge in [0.1, 0.15) is 4.84 Å². The van der Waals surface area contributed by atoms with E-state index in [0.717, 1.165) is 0 Å². The fourth-order valence-electron chi connectivity index (χ4n) is 1.32. The fraction of sp³-hybridized carbons (Fsp3) is 0.222. The molecule has 0 aliphatic carbocycles. The number of hydrogen-bond donors (Lipinski definition) is 0. The predicted molar refractivity (Wildman–Crippen MR) is 68.5 cm³/mol. The number of nitrogens with zero attached hydrogens (tertiary/aromatic N) is 5. The van der Waals surface area contributed by atoms with E-state index >= 15 is 0 Å². The summed E-state index contributed by atoms with van der Waals surface area (Å²) in [6.07, 6.45) is 2.81. The Bertz CT molecular complexity index is 562. The van der Waals surface area contributed by atoms with E-state index in [1.807, 2.05) is 0 Å². The lowest BCUT2D eigenvalue weighted by Crippen LogP contribution is -2.35. The molecule has 0 aliphatic heterocycles. The molecule has 0 bridgehead atoms. The maximum atomic E-state index is 12.3. The van der Waals surface area contributed by atoms with Gasteiger partial charge in [-0.3, -0.25) is 4.79 Å². The topological polar surface area (TPSA) is 85.0 Å². The molecule has 2 aromatic heterocycles. The molecule has 0 saturated carbocycles. The first-order valence-corrected chi connectivity index (χ1v) is 6.19. The van der Waals surface area contributed by atoms with E-state index < -0.39 is 10.7 Å². The van der Waals surface area contributed by atoms with Crippen LogP contribution in [0.2, 0.25) is 5.15 Å². The van der Waals surface area contributed by atoms with Crippen molar-refractivity contribution in [1.82, 2.24) is 20.5 Å². The van der Waals surface area contributed by atoms with Crippen LogP contribution in [-0.4, -0.2) is 37.8 Å². The van der Waals surface area contributed by atoms with Crippen molar-refractivity contribution in [2.45, 2.75) is 4.84 Å². The zero-order valence-corrected chi connectivity index (χ0v) is 11.5. The first kappa shape index (κ1) is 14.0. The number of carbonyl (C=O) groups is 1. The van der Waals surface area contributed by atoms with Crippen LogP contribution in [0.3, 0.4) is 0 Å². The van der Waals surface area contributed by atoms with Crippen molar-refractivity contribution in [1.29, 1.82) is 0 Å². The molecule has 7 nitrogen and oxygen atoms in total. The van der Waals surface area contributed by atoms with Crippen LogP contribution >= 0.6 is 34.8 Å². The number of anilines is 1. The lowest BCUT2D eigenvalue weighted by atomic mass is 10.3. The highest BCUT2D eigenvalue weighted by Gasteiger charge is 2.26. The van der Waals surface area contributed by atoms with Gasteiger partial charge in [0, 0.05) is 0 Å². The van der Waals surface area contributed by atoms with Crippen molar-refractivity contribution in [3.63, 3.8) is 0 Å². The summed E-state index contributed by atoms with van der Waals surface area (Å²) in [5.74, 6) is -0.550.